The lowest BCUT2D eigenvalue weighted by atomic mass is 10.2. The van der Waals surface area contributed by atoms with Gasteiger partial charge in [0.05, 0.1) is 11.9 Å². The first-order chi connectivity index (χ1) is 9.33. The summed E-state index contributed by atoms with van der Waals surface area (Å²) in [6.45, 7) is 0. The van der Waals surface area contributed by atoms with E-state index in [0.717, 1.165) is 4.68 Å². The highest BCUT2D eigenvalue weighted by molar-refractivity contribution is 7.92. The molecule has 106 valence electrons. The predicted octanol–water partition coefficient (Wildman–Crippen LogP) is 0.625. The molecule has 1 heterocycles. The Hall–Kier alpha value is -2.55. The molecule has 0 aliphatic rings. The average molecular weight is 297 g/mol. The molecule has 0 unspecified atom stereocenters. The smallest absolute Gasteiger partial charge is 0.339 e. The van der Waals surface area contributed by atoms with Gasteiger partial charge in [0.2, 0.25) is 0 Å². The van der Waals surface area contributed by atoms with Crippen molar-refractivity contribution in [1.82, 2.24) is 9.78 Å². The number of aromatic nitrogens is 2. The van der Waals surface area contributed by atoms with Crippen LogP contribution in [0, 0.1) is 0 Å². The van der Waals surface area contributed by atoms with Crippen molar-refractivity contribution in [2.45, 2.75) is 5.03 Å². The molecule has 9 heteroatoms. The summed E-state index contributed by atoms with van der Waals surface area (Å²) in [7, 11) is -2.52. The normalized spacial score (nSPS) is 11.2. The van der Waals surface area contributed by atoms with Gasteiger partial charge in [-0.2, -0.15) is 13.5 Å². The number of para-hydroxylation sites is 1. The summed E-state index contributed by atoms with van der Waals surface area (Å²) in [6, 6.07) is 5.03. The summed E-state index contributed by atoms with van der Waals surface area (Å²) in [5.41, 5.74) is -0.610. The Bertz CT molecular complexity index is 766. The molecule has 0 radical (unpaired) electrons. The second-order valence-corrected chi connectivity index (χ2v) is 5.53. The van der Waals surface area contributed by atoms with E-state index in [9.17, 15) is 18.3 Å². The van der Waals surface area contributed by atoms with Crippen LogP contribution in [0.3, 0.4) is 0 Å². The predicted molar refractivity (Wildman–Crippen MR) is 69.1 cm³/mol. The van der Waals surface area contributed by atoms with Gasteiger partial charge in [-0.25, -0.2) is 4.79 Å². The van der Waals surface area contributed by atoms with Crippen LogP contribution in [0.2, 0.25) is 0 Å². The van der Waals surface area contributed by atoms with Crippen LogP contribution in [-0.2, 0) is 17.1 Å². The lowest BCUT2D eigenvalue weighted by molar-refractivity contribution is 0.0694. The Morgan fingerprint density at radius 3 is 2.60 bits per heavy atom. The van der Waals surface area contributed by atoms with E-state index in [-0.39, 0.29) is 10.7 Å². The van der Waals surface area contributed by atoms with Crippen LogP contribution in [0.25, 0.3) is 0 Å². The number of rotatable bonds is 4. The van der Waals surface area contributed by atoms with E-state index < -0.39 is 27.3 Å². The molecule has 1 aromatic carbocycles. The number of anilines is 1. The Morgan fingerprint density at radius 2 is 2.05 bits per heavy atom. The number of aryl methyl sites for hydroxylation is 1. The van der Waals surface area contributed by atoms with E-state index in [2.05, 4.69) is 9.82 Å². The Balaban J connectivity index is 2.43. The summed E-state index contributed by atoms with van der Waals surface area (Å²) in [6.07, 6.45) is 1.31. The van der Waals surface area contributed by atoms with Gasteiger partial charge in [0, 0.05) is 7.05 Å². The highest BCUT2D eigenvalue weighted by atomic mass is 32.2. The first-order valence-electron chi connectivity index (χ1n) is 5.39. The van der Waals surface area contributed by atoms with E-state index in [0.29, 0.717) is 0 Å². The average Bonchev–Trinajstić information content (AvgIpc) is 2.78. The molecule has 8 nitrogen and oxygen atoms in total. The molecule has 0 bridgehead atoms. The number of sulfonamides is 1. The van der Waals surface area contributed by atoms with E-state index in [4.69, 9.17) is 5.11 Å². The van der Waals surface area contributed by atoms with Crippen LogP contribution in [0.5, 0.6) is 5.75 Å². The van der Waals surface area contributed by atoms with E-state index >= 15 is 0 Å². The second kappa shape index (κ2) is 4.85. The molecule has 0 amide bonds. The number of hydrogen-bond donors (Lipinski definition) is 3. The number of nitrogens with zero attached hydrogens (tertiary/aromatic N) is 2. The molecule has 20 heavy (non-hydrogen) atoms. The van der Waals surface area contributed by atoms with Gasteiger partial charge < -0.3 is 10.2 Å². The highest BCUT2D eigenvalue weighted by Gasteiger charge is 2.21. The van der Waals surface area contributed by atoms with E-state index in [1.165, 1.54) is 37.5 Å². The van der Waals surface area contributed by atoms with Gasteiger partial charge in [-0.05, 0) is 18.2 Å². The fourth-order valence-corrected chi connectivity index (χ4v) is 2.81. The zero-order chi connectivity index (χ0) is 14.9. The fourth-order valence-electron chi connectivity index (χ4n) is 1.62. The lowest BCUT2D eigenvalue weighted by Gasteiger charge is -2.10. The van der Waals surface area contributed by atoms with Crippen molar-refractivity contribution in [3.63, 3.8) is 0 Å². The number of benzene rings is 1. The SMILES string of the molecule is Cn1nccc1S(=O)(=O)Nc1cccc(C(=O)O)c1O. The maximum absolute atomic E-state index is 12.1. The molecular formula is C11H11N3O5S. The lowest BCUT2D eigenvalue weighted by Crippen LogP contribution is -2.17. The van der Waals surface area contributed by atoms with Crippen molar-refractivity contribution >= 4 is 21.7 Å². The number of aromatic carboxylic acids is 1. The Labute approximate surface area is 114 Å². The van der Waals surface area contributed by atoms with Crippen LogP contribution in [0.15, 0.2) is 35.5 Å². The molecule has 0 saturated heterocycles. The number of aromatic hydroxyl groups is 1. The molecule has 0 saturated carbocycles. The third-order valence-electron chi connectivity index (χ3n) is 2.56. The van der Waals surface area contributed by atoms with Crippen LogP contribution in [-0.4, -0.2) is 34.4 Å². The summed E-state index contributed by atoms with van der Waals surface area (Å²) < 4.78 is 27.4. The third kappa shape index (κ3) is 2.43. The van der Waals surface area contributed by atoms with Gasteiger partial charge in [-0.1, -0.05) is 6.07 Å². The van der Waals surface area contributed by atoms with Crippen molar-refractivity contribution in [3.8, 4) is 5.75 Å². The largest absolute Gasteiger partial charge is 0.505 e. The minimum absolute atomic E-state index is 0.113. The van der Waals surface area contributed by atoms with Gasteiger partial charge in [0.1, 0.15) is 5.56 Å². The van der Waals surface area contributed by atoms with E-state index in [1.54, 1.807) is 0 Å². The molecule has 0 spiro atoms. The molecule has 3 N–H and O–H groups in total. The van der Waals surface area contributed by atoms with Gasteiger partial charge >= 0.3 is 5.97 Å². The Morgan fingerprint density at radius 1 is 1.35 bits per heavy atom. The van der Waals surface area contributed by atoms with Crippen molar-refractivity contribution < 1.29 is 23.4 Å². The summed E-state index contributed by atoms with van der Waals surface area (Å²) in [4.78, 5) is 10.9. The Kier molecular flexibility index (Phi) is 3.36. The molecule has 2 rings (SSSR count). The minimum atomic E-state index is -3.97. The maximum atomic E-state index is 12.1. The van der Waals surface area contributed by atoms with Crippen LogP contribution in [0.4, 0.5) is 5.69 Å². The van der Waals surface area contributed by atoms with Crippen molar-refractivity contribution in [3.05, 3.63) is 36.0 Å². The summed E-state index contributed by atoms with van der Waals surface area (Å²) in [5, 5.41) is 22.2. The molecule has 1 aromatic heterocycles. The highest BCUT2D eigenvalue weighted by Crippen LogP contribution is 2.29. The number of phenols is 1. The molecule has 0 atom stereocenters. The van der Waals surface area contributed by atoms with Crippen LogP contribution in [0.1, 0.15) is 10.4 Å². The minimum Gasteiger partial charge on any atom is -0.505 e. The zero-order valence-electron chi connectivity index (χ0n) is 10.3. The van der Waals surface area contributed by atoms with Crippen LogP contribution < -0.4 is 4.72 Å². The third-order valence-corrected chi connectivity index (χ3v) is 4.00. The second-order valence-electron chi connectivity index (χ2n) is 3.91. The quantitative estimate of drug-likeness (QED) is 0.711. The fraction of sp³-hybridized carbons (Fsp3) is 0.0909. The van der Waals surface area contributed by atoms with Crippen molar-refractivity contribution in [2.24, 2.45) is 7.05 Å². The number of nitrogens with one attached hydrogen (secondary N) is 1. The number of carboxylic acids is 1. The number of carboxylic acid groups (broad SMARTS) is 1. The van der Waals surface area contributed by atoms with E-state index in [1.807, 2.05) is 0 Å². The first kappa shape index (κ1) is 13.9. The van der Waals surface area contributed by atoms with Crippen molar-refractivity contribution in [1.29, 1.82) is 0 Å². The topological polar surface area (TPSA) is 122 Å². The molecule has 0 fully saturated rings. The standard InChI is InChI=1S/C11H11N3O5S/c1-14-9(5-6-12-14)20(18,19)13-8-4-2-3-7(10(8)15)11(16)17/h2-6,13,15H,1H3,(H,16,17). The zero-order valence-corrected chi connectivity index (χ0v) is 11.1. The summed E-state index contributed by atoms with van der Waals surface area (Å²) in [5.74, 6) is -2.00. The van der Waals surface area contributed by atoms with Gasteiger partial charge in [0.15, 0.2) is 10.8 Å². The molecule has 2 aromatic rings. The molecular weight excluding hydrogens is 286 g/mol. The summed E-state index contributed by atoms with van der Waals surface area (Å²) >= 11 is 0. The van der Waals surface area contributed by atoms with Gasteiger partial charge in [-0.15, -0.1) is 0 Å². The van der Waals surface area contributed by atoms with Crippen molar-refractivity contribution in [2.75, 3.05) is 4.72 Å². The number of hydrogen-bond acceptors (Lipinski definition) is 5. The maximum Gasteiger partial charge on any atom is 0.339 e. The van der Waals surface area contributed by atoms with Crippen LogP contribution >= 0.6 is 0 Å². The number of carbonyl (C=O) groups is 1. The molecule has 0 aliphatic carbocycles. The molecule has 0 aliphatic heterocycles. The first-order valence-corrected chi connectivity index (χ1v) is 6.87. The van der Waals surface area contributed by atoms with Gasteiger partial charge in [0.25, 0.3) is 10.0 Å². The van der Waals surface area contributed by atoms with Gasteiger partial charge in [-0.3, -0.25) is 9.40 Å². The monoisotopic (exact) mass is 297 g/mol.